The summed E-state index contributed by atoms with van der Waals surface area (Å²) in [5, 5.41) is 6.80. The third-order valence-electron chi connectivity index (χ3n) is 5.04. The van der Waals surface area contributed by atoms with E-state index in [0.29, 0.717) is 19.8 Å². The maximum Gasteiger partial charge on any atom is 0.195 e. The van der Waals surface area contributed by atoms with E-state index in [1.54, 1.807) is 6.26 Å². The SMILES string of the molecule is c1coc(CCNC(=NCCN2CCOCC2)Nc2ccc3c(c2)OCCCO3)c1. The van der Waals surface area contributed by atoms with Gasteiger partial charge in [-0.05, 0) is 24.3 Å². The first-order valence-corrected chi connectivity index (χ1v) is 10.6. The molecule has 2 aromatic rings. The topological polar surface area (TPSA) is 80.5 Å². The van der Waals surface area contributed by atoms with Crippen LogP contribution in [0.2, 0.25) is 0 Å². The summed E-state index contributed by atoms with van der Waals surface area (Å²) in [5.41, 5.74) is 0.912. The largest absolute Gasteiger partial charge is 0.490 e. The number of rotatable bonds is 7. The standard InChI is InChI=1S/C22H30N4O4/c1-3-19(28-12-1)6-7-23-22(24-8-9-26-10-15-27-16-11-26)25-18-4-5-20-21(17-18)30-14-2-13-29-20/h1,3-5,12,17H,2,6-11,13-16H2,(H2,23,24,25). The maximum atomic E-state index is 5.81. The Balaban J connectivity index is 1.37. The van der Waals surface area contributed by atoms with E-state index in [0.717, 1.165) is 81.1 Å². The molecule has 0 saturated carbocycles. The van der Waals surface area contributed by atoms with E-state index in [-0.39, 0.29) is 0 Å². The fraction of sp³-hybridized carbons (Fsp3) is 0.500. The highest BCUT2D eigenvalue weighted by Gasteiger charge is 2.12. The molecule has 0 amide bonds. The van der Waals surface area contributed by atoms with E-state index in [2.05, 4.69) is 15.5 Å². The lowest BCUT2D eigenvalue weighted by atomic mass is 10.2. The first-order valence-electron chi connectivity index (χ1n) is 10.6. The first kappa shape index (κ1) is 20.6. The van der Waals surface area contributed by atoms with Crippen molar-refractivity contribution >= 4 is 11.6 Å². The fourth-order valence-corrected chi connectivity index (χ4v) is 3.40. The number of furan rings is 1. The van der Waals surface area contributed by atoms with Gasteiger partial charge < -0.3 is 29.3 Å². The van der Waals surface area contributed by atoms with Crippen LogP contribution in [0.25, 0.3) is 0 Å². The summed E-state index contributed by atoms with van der Waals surface area (Å²) in [7, 11) is 0. The molecule has 30 heavy (non-hydrogen) atoms. The molecule has 3 heterocycles. The van der Waals surface area contributed by atoms with Crippen molar-refractivity contribution in [3.05, 3.63) is 42.4 Å². The van der Waals surface area contributed by atoms with Gasteiger partial charge in [0.1, 0.15) is 5.76 Å². The summed E-state index contributed by atoms with van der Waals surface area (Å²) in [5.74, 6) is 3.24. The van der Waals surface area contributed by atoms with E-state index in [4.69, 9.17) is 23.6 Å². The summed E-state index contributed by atoms with van der Waals surface area (Å²) >= 11 is 0. The predicted octanol–water partition coefficient (Wildman–Crippen LogP) is 2.37. The number of benzene rings is 1. The lowest BCUT2D eigenvalue weighted by molar-refractivity contribution is 0.0394. The van der Waals surface area contributed by atoms with Crippen LogP contribution >= 0.6 is 0 Å². The van der Waals surface area contributed by atoms with Gasteiger partial charge in [-0.3, -0.25) is 9.89 Å². The minimum absolute atomic E-state index is 0.665. The highest BCUT2D eigenvalue weighted by atomic mass is 16.5. The normalized spacial score (nSPS) is 17.4. The predicted molar refractivity (Wildman–Crippen MR) is 116 cm³/mol. The average Bonchev–Trinajstić information content (AvgIpc) is 3.18. The van der Waals surface area contributed by atoms with Crippen LogP contribution in [0.3, 0.4) is 0 Å². The van der Waals surface area contributed by atoms with Crippen molar-refractivity contribution in [2.75, 3.05) is 64.5 Å². The smallest absolute Gasteiger partial charge is 0.195 e. The molecule has 8 heteroatoms. The second-order valence-electron chi connectivity index (χ2n) is 7.28. The van der Waals surface area contributed by atoms with Crippen LogP contribution < -0.4 is 20.1 Å². The van der Waals surface area contributed by atoms with Gasteiger partial charge in [-0.2, -0.15) is 0 Å². The van der Waals surface area contributed by atoms with Gasteiger partial charge in [0.15, 0.2) is 17.5 Å². The van der Waals surface area contributed by atoms with E-state index in [1.165, 1.54) is 0 Å². The van der Waals surface area contributed by atoms with Crippen LogP contribution in [0, 0.1) is 0 Å². The lowest BCUT2D eigenvalue weighted by Crippen LogP contribution is -2.38. The molecule has 0 aliphatic carbocycles. The van der Waals surface area contributed by atoms with E-state index >= 15 is 0 Å². The minimum Gasteiger partial charge on any atom is -0.490 e. The Morgan fingerprint density at radius 2 is 1.90 bits per heavy atom. The van der Waals surface area contributed by atoms with Crippen LogP contribution in [-0.2, 0) is 11.2 Å². The monoisotopic (exact) mass is 414 g/mol. The lowest BCUT2D eigenvalue weighted by Gasteiger charge is -2.25. The highest BCUT2D eigenvalue weighted by molar-refractivity contribution is 5.94. The number of aliphatic imine (C=N–C) groups is 1. The van der Waals surface area contributed by atoms with Crippen molar-refractivity contribution in [2.24, 2.45) is 4.99 Å². The summed E-state index contributed by atoms with van der Waals surface area (Å²) < 4.78 is 22.4. The van der Waals surface area contributed by atoms with Crippen LogP contribution in [-0.4, -0.2) is 70.0 Å². The van der Waals surface area contributed by atoms with Crippen molar-refractivity contribution in [3.8, 4) is 11.5 Å². The van der Waals surface area contributed by atoms with Crippen LogP contribution in [0.1, 0.15) is 12.2 Å². The molecule has 1 saturated heterocycles. The zero-order valence-electron chi connectivity index (χ0n) is 17.3. The van der Waals surface area contributed by atoms with E-state index in [9.17, 15) is 0 Å². The van der Waals surface area contributed by atoms with E-state index in [1.807, 2.05) is 30.3 Å². The van der Waals surface area contributed by atoms with Crippen molar-refractivity contribution in [1.29, 1.82) is 0 Å². The van der Waals surface area contributed by atoms with Gasteiger partial charge in [-0.15, -0.1) is 0 Å². The second-order valence-corrected chi connectivity index (χ2v) is 7.28. The molecule has 4 rings (SSSR count). The fourth-order valence-electron chi connectivity index (χ4n) is 3.40. The van der Waals surface area contributed by atoms with Gasteiger partial charge in [-0.25, -0.2) is 0 Å². The van der Waals surface area contributed by atoms with Crippen LogP contribution in [0.4, 0.5) is 5.69 Å². The molecular formula is C22H30N4O4. The maximum absolute atomic E-state index is 5.81. The Hall–Kier alpha value is -2.71. The number of guanidine groups is 1. The molecule has 1 aromatic heterocycles. The number of nitrogens with one attached hydrogen (secondary N) is 2. The highest BCUT2D eigenvalue weighted by Crippen LogP contribution is 2.32. The van der Waals surface area contributed by atoms with Gasteiger partial charge >= 0.3 is 0 Å². The second kappa shape index (κ2) is 10.9. The number of nitrogens with zero attached hydrogens (tertiary/aromatic N) is 2. The Morgan fingerprint density at radius 1 is 1.03 bits per heavy atom. The molecule has 1 fully saturated rings. The molecule has 0 unspecified atom stereocenters. The van der Waals surface area contributed by atoms with Crippen LogP contribution in [0.15, 0.2) is 46.0 Å². The number of hydrogen-bond donors (Lipinski definition) is 2. The zero-order chi connectivity index (χ0) is 20.4. The number of hydrogen-bond acceptors (Lipinski definition) is 6. The van der Waals surface area contributed by atoms with Gasteiger partial charge in [0.05, 0.1) is 39.2 Å². The molecule has 1 aromatic carbocycles. The van der Waals surface area contributed by atoms with Gasteiger partial charge in [-0.1, -0.05) is 0 Å². The summed E-state index contributed by atoms with van der Waals surface area (Å²) in [6.45, 7) is 7.22. The molecule has 8 nitrogen and oxygen atoms in total. The molecule has 2 aliphatic rings. The summed E-state index contributed by atoms with van der Waals surface area (Å²) in [6.07, 6.45) is 3.38. The molecular weight excluding hydrogens is 384 g/mol. The molecule has 2 aliphatic heterocycles. The number of fused-ring (bicyclic) bond motifs is 1. The number of ether oxygens (including phenoxy) is 3. The first-order chi connectivity index (χ1) is 14.9. The van der Waals surface area contributed by atoms with E-state index < -0.39 is 0 Å². The molecule has 162 valence electrons. The Morgan fingerprint density at radius 3 is 2.73 bits per heavy atom. The molecule has 2 N–H and O–H groups in total. The summed E-state index contributed by atoms with van der Waals surface area (Å²) in [4.78, 5) is 7.15. The van der Waals surface area contributed by atoms with Gasteiger partial charge in [0.2, 0.25) is 0 Å². The molecule has 0 radical (unpaired) electrons. The molecule has 0 atom stereocenters. The number of morpholine rings is 1. The van der Waals surface area contributed by atoms with Crippen LogP contribution in [0.5, 0.6) is 11.5 Å². The Labute approximate surface area is 177 Å². The minimum atomic E-state index is 0.665. The molecule has 0 spiro atoms. The van der Waals surface area contributed by atoms with Gasteiger partial charge in [0.25, 0.3) is 0 Å². The van der Waals surface area contributed by atoms with Crippen molar-refractivity contribution < 1.29 is 18.6 Å². The summed E-state index contributed by atoms with van der Waals surface area (Å²) in [6, 6.07) is 9.78. The van der Waals surface area contributed by atoms with Crippen molar-refractivity contribution in [2.45, 2.75) is 12.8 Å². The third-order valence-corrected chi connectivity index (χ3v) is 5.04. The Kier molecular flexibility index (Phi) is 7.46. The quantitative estimate of drug-likeness (QED) is 0.532. The third kappa shape index (κ3) is 6.14. The zero-order valence-corrected chi connectivity index (χ0v) is 17.3. The number of anilines is 1. The van der Waals surface area contributed by atoms with Crippen molar-refractivity contribution in [3.63, 3.8) is 0 Å². The average molecular weight is 415 g/mol. The Bertz CT molecular complexity index is 803. The molecule has 0 bridgehead atoms. The van der Waals surface area contributed by atoms with Gasteiger partial charge in [0, 0.05) is 50.8 Å². The van der Waals surface area contributed by atoms with Crippen molar-refractivity contribution in [1.82, 2.24) is 10.2 Å².